The molecule has 14 nitrogen and oxygen atoms in total. The molecular weight excluding hydrogens is 847 g/mol. The molecule has 4 aromatic heterocycles. The molecule has 0 unspecified atom stereocenters. The van der Waals surface area contributed by atoms with E-state index in [1.807, 2.05) is 36.8 Å². The van der Waals surface area contributed by atoms with Crippen molar-refractivity contribution in [3.8, 4) is 22.5 Å². The zero-order chi connectivity index (χ0) is 45.8. The summed E-state index contributed by atoms with van der Waals surface area (Å²) >= 11 is 0. The van der Waals surface area contributed by atoms with Gasteiger partial charge in [0.15, 0.2) is 0 Å². The lowest BCUT2D eigenvalue weighted by Crippen LogP contribution is -2.79. The van der Waals surface area contributed by atoms with Crippen molar-refractivity contribution in [2.45, 2.75) is 113 Å². The van der Waals surface area contributed by atoms with Gasteiger partial charge in [0.1, 0.15) is 35.5 Å². The largest absolute Gasteiger partial charge is 0.419 e. The van der Waals surface area contributed by atoms with Crippen LogP contribution in [0, 0.1) is 11.8 Å². The first-order chi connectivity index (χ1) is 30.1. The molecule has 20 heteroatoms. The Labute approximate surface area is 367 Å². The molecule has 2 saturated heterocycles. The summed E-state index contributed by atoms with van der Waals surface area (Å²) < 4.78 is 95.0. The number of morpholine rings is 2. The van der Waals surface area contributed by atoms with Gasteiger partial charge in [0.05, 0.1) is 60.0 Å². The maximum Gasteiger partial charge on any atom is 0.419 e. The molecule has 6 aliphatic carbocycles. The lowest BCUT2D eigenvalue weighted by molar-refractivity contribution is -0.222. The number of nitrogen functional groups attached to an aromatic ring is 2. The van der Waals surface area contributed by atoms with E-state index in [1.165, 1.54) is 12.4 Å². The van der Waals surface area contributed by atoms with Crippen LogP contribution in [0.1, 0.15) is 101 Å². The summed E-state index contributed by atoms with van der Waals surface area (Å²) in [5, 5.41) is 21.7. The molecule has 6 saturated carbocycles. The number of aromatic nitrogens is 6. The van der Waals surface area contributed by atoms with E-state index in [-0.39, 0.29) is 45.1 Å². The number of alkyl halides is 6. The standard InChI is InChI=1S/2C22H28F3N5O2/c2*1-13(2)17(31)19-28-16(14-7-15(22(23,24)25)18(26)27-8-14)9-30(19)21-10-20(11-21,12-21)29-3-5-32-6-4-29/h2*7-9,13,17,31H,3-6,10-12H2,1-2H3,(H2,26,27)/t2*17-,20?,21?/m10/s1. The van der Waals surface area contributed by atoms with Crippen molar-refractivity contribution in [3.63, 3.8) is 0 Å². The van der Waals surface area contributed by atoms with Crippen LogP contribution >= 0.6 is 0 Å². The van der Waals surface area contributed by atoms with E-state index < -0.39 is 47.3 Å². The third-order valence-electron chi connectivity index (χ3n) is 14.6. The number of hydrogen-bond donors (Lipinski definition) is 4. The van der Waals surface area contributed by atoms with Crippen molar-refractivity contribution in [1.29, 1.82) is 0 Å². The molecule has 4 aromatic rings. The highest BCUT2D eigenvalue weighted by Gasteiger charge is 2.72. The van der Waals surface area contributed by atoms with Gasteiger partial charge in [0.2, 0.25) is 0 Å². The van der Waals surface area contributed by atoms with Crippen LogP contribution < -0.4 is 11.5 Å². The normalized spacial score (nSPS) is 29.0. The van der Waals surface area contributed by atoms with Crippen molar-refractivity contribution in [3.05, 3.63) is 59.7 Å². The highest BCUT2D eigenvalue weighted by Crippen LogP contribution is 2.70. The van der Waals surface area contributed by atoms with Crippen LogP contribution in [-0.4, -0.2) is 113 Å². The van der Waals surface area contributed by atoms with Crippen LogP contribution in [0.4, 0.5) is 38.0 Å². The van der Waals surface area contributed by atoms with Crippen molar-refractivity contribution in [1.82, 2.24) is 38.9 Å². The molecule has 8 aliphatic rings. The van der Waals surface area contributed by atoms with Gasteiger partial charge in [-0.3, -0.25) is 9.80 Å². The minimum atomic E-state index is -4.60. The van der Waals surface area contributed by atoms with Gasteiger partial charge in [0, 0.05) is 73.2 Å². The number of anilines is 2. The fraction of sp³-hybridized carbons (Fsp3) is 0.636. The van der Waals surface area contributed by atoms with Crippen molar-refractivity contribution < 1.29 is 46.0 Å². The quantitative estimate of drug-likeness (QED) is 0.129. The van der Waals surface area contributed by atoms with Crippen LogP contribution in [0.25, 0.3) is 22.5 Å². The minimum absolute atomic E-state index is 0.0835. The fourth-order valence-electron chi connectivity index (χ4n) is 11.1. The molecule has 0 aromatic carbocycles. The molecule has 6 heterocycles. The Balaban J connectivity index is 0.000000162. The molecule has 348 valence electrons. The molecule has 2 aliphatic heterocycles. The molecule has 0 radical (unpaired) electrons. The van der Waals surface area contributed by atoms with Crippen LogP contribution in [0.5, 0.6) is 0 Å². The highest BCUT2D eigenvalue weighted by molar-refractivity contribution is 5.63. The minimum Gasteiger partial charge on any atom is -0.385 e. The number of aliphatic hydroxyl groups is 2. The Morgan fingerprint density at radius 1 is 0.578 bits per heavy atom. The molecule has 2 atom stereocenters. The monoisotopic (exact) mass is 902 g/mol. The smallest absolute Gasteiger partial charge is 0.385 e. The van der Waals surface area contributed by atoms with Crippen LogP contribution in [0.15, 0.2) is 36.9 Å². The summed E-state index contributed by atoms with van der Waals surface area (Å²) in [6.45, 7) is 14.2. The Hall–Kier alpha value is -4.34. The molecule has 8 fully saturated rings. The predicted molar refractivity (Wildman–Crippen MR) is 223 cm³/mol. The second kappa shape index (κ2) is 15.6. The third-order valence-corrected chi connectivity index (χ3v) is 14.6. The summed E-state index contributed by atoms with van der Waals surface area (Å²) in [4.78, 5) is 21.7. The van der Waals surface area contributed by atoms with Crippen molar-refractivity contribution in [2.24, 2.45) is 11.8 Å². The van der Waals surface area contributed by atoms with Gasteiger partial charge < -0.3 is 40.3 Å². The van der Waals surface area contributed by atoms with E-state index in [2.05, 4.69) is 29.7 Å². The lowest BCUT2D eigenvalue weighted by Gasteiger charge is -2.74. The van der Waals surface area contributed by atoms with E-state index in [4.69, 9.17) is 20.9 Å². The lowest BCUT2D eigenvalue weighted by atomic mass is 9.43. The first-order valence-corrected chi connectivity index (χ1v) is 22.0. The number of halogens is 6. The number of nitrogens with zero attached hydrogens (tertiary/aromatic N) is 8. The number of rotatable bonds is 10. The Kier molecular flexibility index (Phi) is 11.0. The first kappa shape index (κ1) is 44.8. The van der Waals surface area contributed by atoms with E-state index >= 15 is 0 Å². The first-order valence-electron chi connectivity index (χ1n) is 22.0. The zero-order valence-corrected chi connectivity index (χ0v) is 36.4. The van der Waals surface area contributed by atoms with Gasteiger partial charge in [-0.2, -0.15) is 26.3 Å². The maximum absolute atomic E-state index is 13.3. The van der Waals surface area contributed by atoms with Crippen LogP contribution in [0.3, 0.4) is 0 Å². The summed E-state index contributed by atoms with van der Waals surface area (Å²) in [5.74, 6) is -0.295. The summed E-state index contributed by atoms with van der Waals surface area (Å²) in [7, 11) is 0. The summed E-state index contributed by atoms with van der Waals surface area (Å²) in [6.07, 6.45) is 0.992. The molecule has 4 bridgehead atoms. The molecular formula is C44H56F6N10O4. The van der Waals surface area contributed by atoms with Crippen molar-refractivity contribution in [2.75, 3.05) is 64.1 Å². The van der Waals surface area contributed by atoms with E-state index in [1.54, 1.807) is 12.4 Å². The molecule has 12 rings (SSSR count). The van der Waals surface area contributed by atoms with E-state index in [9.17, 15) is 36.6 Å². The van der Waals surface area contributed by atoms with Crippen LogP contribution in [0.2, 0.25) is 0 Å². The van der Waals surface area contributed by atoms with Gasteiger partial charge in [-0.1, -0.05) is 27.7 Å². The SMILES string of the molecule is CC(C)[C@@H](O)c1nc(-c2cnc(N)c(C(F)(F)F)c2)cn1C12CC(N3CCOCC3)(C1)C2.CC(C)[C@H](O)c1nc(-c2cnc(N)c(C(F)(F)F)c2)cn1C12CC(N3CCOCC3)(C1)C2. The number of aliphatic hydroxyl groups excluding tert-OH is 2. The average molecular weight is 903 g/mol. The van der Waals surface area contributed by atoms with Gasteiger partial charge in [-0.25, -0.2) is 19.9 Å². The van der Waals surface area contributed by atoms with E-state index in [0.717, 1.165) is 103 Å². The van der Waals surface area contributed by atoms with Gasteiger partial charge in [-0.15, -0.1) is 0 Å². The van der Waals surface area contributed by atoms with Crippen molar-refractivity contribution >= 4 is 11.6 Å². The molecule has 0 spiro atoms. The number of nitrogens with two attached hydrogens (primary N) is 2. The summed E-state index contributed by atoms with van der Waals surface area (Å²) in [5.41, 5.74) is 10.2. The number of hydrogen-bond acceptors (Lipinski definition) is 12. The van der Waals surface area contributed by atoms with Gasteiger partial charge in [-0.05, 0) is 62.5 Å². The Morgan fingerprint density at radius 2 is 0.906 bits per heavy atom. The molecule has 0 amide bonds. The number of pyridine rings is 2. The highest BCUT2D eigenvalue weighted by atomic mass is 19.4. The average Bonchev–Trinajstić information content (AvgIpc) is 3.82. The second-order valence-corrected chi connectivity index (χ2v) is 19.6. The molecule has 6 N–H and O–H groups in total. The van der Waals surface area contributed by atoms with Gasteiger partial charge in [0.25, 0.3) is 0 Å². The Morgan fingerprint density at radius 3 is 1.20 bits per heavy atom. The molecule has 64 heavy (non-hydrogen) atoms. The predicted octanol–water partition coefficient (Wildman–Crippen LogP) is 6.40. The zero-order valence-electron chi connectivity index (χ0n) is 36.4. The Bertz CT molecular complexity index is 2180. The topological polar surface area (TPSA) is 179 Å². The second-order valence-electron chi connectivity index (χ2n) is 19.6. The summed E-state index contributed by atoms with van der Waals surface area (Å²) in [6, 6.07) is 1.97. The van der Waals surface area contributed by atoms with E-state index in [0.29, 0.717) is 23.0 Å². The number of imidazole rings is 2. The van der Waals surface area contributed by atoms with Crippen LogP contribution in [-0.2, 0) is 32.9 Å². The maximum atomic E-state index is 13.3. The van der Waals surface area contributed by atoms with Gasteiger partial charge >= 0.3 is 12.4 Å². The third kappa shape index (κ3) is 7.45. The number of ether oxygens (including phenoxy) is 2. The fourth-order valence-corrected chi connectivity index (χ4v) is 11.1.